The molecule has 0 saturated heterocycles. The summed E-state index contributed by atoms with van der Waals surface area (Å²) >= 11 is 3.65. The zero-order chi connectivity index (χ0) is 12.8. The van der Waals surface area contributed by atoms with Crippen molar-refractivity contribution >= 4 is 32.4 Å². The molecule has 98 valence electrons. The zero-order valence-corrected chi connectivity index (χ0v) is 12.5. The molecule has 2 aliphatic rings. The lowest BCUT2D eigenvalue weighted by Gasteiger charge is -2.20. The maximum absolute atomic E-state index is 3.85. The van der Waals surface area contributed by atoms with E-state index in [2.05, 4.69) is 57.6 Å². The normalized spacial score (nSPS) is 19.1. The number of hydrogen-bond acceptors (Lipinski definition) is 1. The van der Waals surface area contributed by atoms with Gasteiger partial charge in [-0.2, -0.15) is 0 Å². The maximum atomic E-state index is 3.85. The van der Waals surface area contributed by atoms with E-state index in [-0.39, 0.29) is 0 Å². The van der Waals surface area contributed by atoms with Crippen molar-refractivity contribution in [1.82, 2.24) is 0 Å². The van der Waals surface area contributed by atoms with Crippen LogP contribution in [-0.4, -0.2) is 6.04 Å². The number of hydrogen-bond donors (Lipinski definition) is 1. The first-order valence-corrected chi connectivity index (χ1v) is 8.06. The van der Waals surface area contributed by atoms with Crippen molar-refractivity contribution < 1.29 is 0 Å². The second-order valence-electron chi connectivity index (χ2n) is 5.99. The monoisotopic (exact) mass is 315 g/mol. The molecule has 2 saturated carbocycles. The summed E-state index contributed by atoms with van der Waals surface area (Å²) in [7, 11) is 0. The number of nitrogens with one attached hydrogen (secondary N) is 1. The van der Waals surface area contributed by atoms with Gasteiger partial charge in [-0.25, -0.2) is 0 Å². The van der Waals surface area contributed by atoms with E-state index in [0.29, 0.717) is 6.04 Å². The van der Waals surface area contributed by atoms with Gasteiger partial charge >= 0.3 is 0 Å². The van der Waals surface area contributed by atoms with Gasteiger partial charge in [0.25, 0.3) is 0 Å². The number of fused-ring (bicyclic) bond motifs is 1. The van der Waals surface area contributed by atoms with Gasteiger partial charge in [-0.05, 0) is 55.0 Å². The lowest BCUT2D eigenvalue weighted by Crippen LogP contribution is -2.24. The van der Waals surface area contributed by atoms with Crippen LogP contribution in [0.2, 0.25) is 0 Å². The predicted molar refractivity (Wildman–Crippen MR) is 84.5 cm³/mol. The third kappa shape index (κ3) is 2.27. The molecule has 4 rings (SSSR count). The topological polar surface area (TPSA) is 12.0 Å². The molecular weight excluding hydrogens is 298 g/mol. The Hall–Kier alpha value is -1.02. The van der Waals surface area contributed by atoms with Crippen molar-refractivity contribution in [3.8, 4) is 0 Å². The molecule has 0 bridgehead atoms. The van der Waals surface area contributed by atoms with Crippen LogP contribution in [0.25, 0.3) is 10.8 Å². The molecule has 0 heterocycles. The van der Waals surface area contributed by atoms with Crippen molar-refractivity contribution in [3.05, 3.63) is 40.9 Å². The van der Waals surface area contributed by atoms with Gasteiger partial charge in [0.05, 0.1) is 0 Å². The minimum absolute atomic E-state index is 0.713. The molecule has 19 heavy (non-hydrogen) atoms. The highest BCUT2D eigenvalue weighted by atomic mass is 79.9. The molecule has 0 aromatic heterocycles. The number of rotatable bonds is 4. The molecule has 0 amide bonds. The van der Waals surface area contributed by atoms with E-state index in [1.165, 1.54) is 46.6 Å². The van der Waals surface area contributed by atoms with Gasteiger partial charge in [0, 0.05) is 21.6 Å². The SMILES string of the molecule is Brc1ccc(NC(C2CC2)C2CC2)c2ccccc12. The summed E-state index contributed by atoms with van der Waals surface area (Å²) in [6, 6.07) is 13.8. The molecule has 0 radical (unpaired) electrons. The van der Waals surface area contributed by atoms with Crippen molar-refractivity contribution in [2.45, 2.75) is 31.7 Å². The van der Waals surface area contributed by atoms with E-state index in [4.69, 9.17) is 0 Å². The number of anilines is 1. The van der Waals surface area contributed by atoms with E-state index in [1.807, 2.05) is 0 Å². The predicted octanol–water partition coefficient (Wildman–Crippen LogP) is 5.20. The first-order valence-electron chi connectivity index (χ1n) is 7.27. The molecular formula is C17H18BrN. The van der Waals surface area contributed by atoms with Crippen molar-refractivity contribution in [2.24, 2.45) is 11.8 Å². The Balaban J connectivity index is 1.72. The standard InChI is InChI=1S/C17H18BrN/c18-15-9-10-16(14-4-2-1-3-13(14)15)19-17(11-5-6-11)12-7-8-12/h1-4,9-12,17,19H,5-8H2. The third-order valence-electron chi connectivity index (χ3n) is 4.45. The van der Waals surface area contributed by atoms with Gasteiger partial charge in [-0.3, -0.25) is 0 Å². The molecule has 2 fully saturated rings. The summed E-state index contributed by atoms with van der Waals surface area (Å²) < 4.78 is 1.18. The summed E-state index contributed by atoms with van der Waals surface area (Å²) in [5.74, 6) is 1.85. The van der Waals surface area contributed by atoms with Crippen molar-refractivity contribution in [2.75, 3.05) is 5.32 Å². The van der Waals surface area contributed by atoms with Crippen LogP contribution >= 0.6 is 15.9 Å². The molecule has 2 aromatic rings. The Morgan fingerprint density at radius 3 is 2.16 bits per heavy atom. The van der Waals surface area contributed by atoms with Crippen LogP contribution in [0, 0.1) is 11.8 Å². The van der Waals surface area contributed by atoms with E-state index < -0.39 is 0 Å². The summed E-state index contributed by atoms with van der Waals surface area (Å²) in [5.41, 5.74) is 1.31. The van der Waals surface area contributed by atoms with E-state index in [9.17, 15) is 0 Å². The highest BCUT2D eigenvalue weighted by Crippen LogP contribution is 2.46. The van der Waals surface area contributed by atoms with Crippen LogP contribution in [0.1, 0.15) is 25.7 Å². The smallest absolute Gasteiger partial charge is 0.0423 e. The summed E-state index contributed by atoms with van der Waals surface area (Å²) in [6.45, 7) is 0. The molecule has 2 aromatic carbocycles. The first-order chi connectivity index (χ1) is 9.33. The van der Waals surface area contributed by atoms with Crippen LogP contribution in [-0.2, 0) is 0 Å². The van der Waals surface area contributed by atoms with Crippen LogP contribution in [0.4, 0.5) is 5.69 Å². The van der Waals surface area contributed by atoms with Gasteiger partial charge < -0.3 is 5.32 Å². The van der Waals surface area contributed by atoms with Crippen molar-refractivity contribution in [3.63, 3.8) is 0 Å². The fourth-order valence-corrected chi connectivity index (χ4v) is 3.58. The highest BCUT2D eigenvalue weighted by molar-refractivity contribution is 9.10. The minimum atomic E-state index is 0.713. The summed E-state index contributed by atoms with van der Waals surface area (Å²) in [6.07, 6.45) is 5.68. The first kappa shape index (κ1) is 11.8. The Morgan fingerprint density at radius 2 is 1.53 bits per heavy atom. The zero-order valence-electron chi connectivity index (χ0n) is 10.9. The molecule has 1 nitrogen and oxygen atoms in total. The van der Waals surface area contributed by atoms with Crippen LogP contribution in [0.3, 0.4) is 0 Å². The van der Waals surface area contributed by atoms with Crippen molar-refractivity contribution in [1.29, 1.82) is 0 Å². The second-order valence-corrected chi connectivity index (χ2v) is 6.84. The van der Waals surface area contributed by atoms with E-state index >= 15 is 0 Å². The minimum Gasteiger partial charge on any atom is -0.381 e. The van der Waals surface area contributed by atoms with Crippen LogP contribution < -0.4 is 5.32 Å². The molecule has 2 aliphatic carbocycles. The van der Waals surface area contributed by atoms with E-state index in [1.54, 1.807) is 0 Å². The number of halogens is 1. The van der Waals surface area contributed by atoms with E-state index in [0.717, 1.165) is 11.8 Å². The fraction of sp³-hybridized carbons (Fsp3) is 0.412. The summed E-state index contributed by atoms with van der Waals surface area (Å²) in [4.78, 5) is 0. The maximum Gasteiger partial charge on any atom is 0.0423 e. The highest BCUT2D eigenvalue weighted by Gasteiger charge is 2.41. The van der Waals surface area contributed by atoms with Gasteiger partial charge in [0.15, 0.2) is 0 Å². The van der Waals surface area contributed by atoms with Gasteiger partial charge in [-0.1, -0.05) is 40.2 Å². The van der Waals surface area contributed by atoms with Gasteiger partial charge in [-0.15, -0.1) is 0 Å². The Morgan fingerprint density at radius 1 is 0.895 bits per heavy atom. The van der Waals surface area contributed by atoms with Crippen LogP contribution in [0.15, 0.2) is 40.9 Å². The van der Waals surface area contributed by atoms with Crippen LogP contribution in [0.5, 0.6) is 0 Å². The van der Waals surface area contributed by atoms with Gasteiger partial charge in [0.1, 0.15) is 0 Å². The third-order valence-corrected chi connectivity index (χ3v) is 5.14. The Bertz CT molecular complexity index is 602. The quantitative estimate of drug-likeness (QED) is 0.817. The molecule has 0 aliphatic heterocycles. The molecule has 0 unspecified atom stereocenters. The average Bonchev–Trinajstić information content (AvgIpc) is 3.30. The second kappa shape index (κ2) is 4.52. The van der Waals surface area contributed by atoms with Gasteiger partial charge in [0.2, 0.25) is 0 Å². The summed E-state index contributed by atoms with van der Waals surface area (Å²) in [5, 5.41) is 6.49. The fourth-order valence-electron chi connectivity index (χ4n) is 3.10. The lowest BCUT2D eigenvalue weighted by molar-refractivity contribution is 0.568. The molecule has 1 N–H and O–H groups in total. The molecule has 0 atom stereocenters. The average molecular weight is 316 g/mol. The number of benzene rings is 2. The molecule has 0 spiro atoms. The lowest BCUT2D eigenvalue weighted by atomic mass is 10.0. The Labute approximate surface area is 122 Å². The Kier molecular flexibility index (Phi) is 2.80. The largest absolute Gasteiger partial charge is 0.381 e. The molecule has 2 heteroatoms.